The fourth-order valence-corrected chi connectivity index (χ4v) is 4.89. The van der Waals surface area contributed by atoms with Gasteiger partial charge in [-0.15, -0.1) is 11.6 Å². The molecule has 1 spiro atoms. The Morgan fingerprint density at radius 3 is 2.92 bits per heavy atom. The van der Waals surface area contributed by atoms with Crippen molar-refractivity contribution in [1.82, 2.24) is 9.55 Å². The number of fused-ring (bicyclic) bond motifs is 7. The van der Waals surface area contributed by atoms with Crippen molar-refractivity contribution in [2.75, 3.05) is 12.5 Å². The van der Waals surface area contributed by atoms with Gasteiger partial charge in [0.25, 0.3) is 5.56 Å². The molecule has 4 atom stereocenters. The summed E-state index contributed by atoms with van der Waals surface area (Å²) in [4.78, 5) is 15.6. The molecular weight excluding hydrogens is 336 g/mol. The first-order valence-electron chi connectivity index (χ1n) is 8.34. The third-order valence-corrected chi connectivity index (χ3v) is 6.12. The van der Waals surface area contributed by atoms with E-state index in [2.05, 4.69) is 4.98 Å². The predicted octanol–water partition coefficient (Wildman–Crippen LogP) is 1.59. The molecule has 0 radical (unpaired) electrons. The van der Waals surface area contributed by atoms with E-state index in [9.17, 15) is 4.79 Å². The molecule has 24 heavy (non-hydrogen) atoms. The lowest BCUT2D eigenvalue weighted by Gasteiger charge is -2.32. The van der Waals surface area contributed by atoms with Gasteiger partial charge in [-0.2, -0.15) is 4.98 Å². The van der Waals surface area contributed by atoms with Crippen LogP contribution in [0.25, 0.3) is 0 Å². The van der Waals surface area contributed by atoms with Gasteiger partial charge in [-0.3, -0.25) is 9.36 Å². The molecule has 1 aliphatic carbocycles. The fraction of sp³-hybridized carbons (Fsp3) is 0.750. The highest BCUT2D eigenvalue weighted by atomic mass is 35.5. The van der Waals surface area contributed by atoms with E-state index >= 15 is 0 Å². The first kappa shape index (κ1) is 15.1. The van der Waals surface area contributed by atoms with Crippen molar-refractivity contribution in [1.29, 1.82) is 0 Å². The molecule has 130 valence electrons. The van der Waals surface area contributed by atoms with Crippen molar-refractivity contribution in [3.8, 4) is 6.01 Å². The summed E-state index contributed by atoms with van der Waals surface area (Å²) in [5.41, 5.74) is -1.89. The average Bonchev–Trinajstić information content (AvgIpc) is 3.15. The summed E-state index contributed by atoms with van der Waals surface area (Å²) in [6.45, 7) is 2.17. The van der Waals surface area contributed by atoms with Crippen LogP contribution in [0, 0.1) is 0 Å². The molecular formula is C16H19ClN2O5. The van der Waals surface area contributed by atoms with Crippen LogP contribution < -0.4 is 10.3 Å². The molecule has 3 fully saturated rings. The van der Waals surface area contributed by atoms with Crippen LogP contribution in [0.15, 0.2) is 17.1 Å². The maximum absolute atomic E-state index is 11.6. The van der Waals surface area contributed by atoms with Crippen LogP contribution in [0.3, 0.4) is 0 Å². The second-order valence-corrected chi connectivity index (χ2v) is 7.58. The second kappa shape index (κ2) is 4.72. The zero-order chi connectivity index (χ0) is 16.6. The van der Waals surface area contributed by atoms with E-state index in [-0.39, 0.29) is 30.2 Å². The van der Waals surface area contributed by atoms with Crippen molar-refractivity contribution >= 4 is 11.6 Å². The highest BCUT2D eigenvalue weighted by Gasteiger charge is 2.73. The number of ether oxygens (including phenoxy) is 4. The molecule has 4 aliphatic rings. The zero-order valence-corrected chi connectivity index (χ0v) is 14.1. The molecule has 2 bridgehead atoms. The van der Waals surface area contributed by atoms with Gasteiger partial charge >= 0.3 is 6.01 Å². The Morgan fingerprint density at radius 2 is 2.17 bits per heavy atom. The van der Waals surface area contributed by atoms with Crippen molar-refractivity contribution < 1.29 is 18.9 Å². The van der Waals surface area contributed by atoms with E-state index in [1.807, 2.05) is 6.92 Å². The van der Waals surface area contributed by atoms with Crippen LogP contribution in [0.2, 0.25) is 0 Å². The summed E-state index contributed by atoms with van der Waals surface area (Å²) < 4.78 is 26.7. The van der Waals surface area contributed by atoms with Gasteiger partial charge in [0.05, 0.1) is 5.88 Å². The fourth-order valence-electron chi connectivity index (χ4n) is 4.61. The quantitative estimate of drug-likeness (QED) is 0.713. The predicted molar refractivity (Wildman–Crippen MR) is 83.1 cm³/mol. The second-order valence-electron chi connectivity index (χ2n) is 7.31. The Labute approximate surface area is 143 Å². The molecule has 0 amide bonds. The molecule has 0 aromatic carbocycles. The minimum Gasteiger partial charge on any atom is -0.461 e. The van der Waals surface area contributed by atoms with E-state index in [1.165, 1.54) is 6.07 Å². The van der Waals surface area contributed by atoms with E-state index in [0.29, 0.717) is 0 Å². The number of hydrogen-bond acceptors (Lipinski definition) is 6. The summed E-state index contributed by atoms with van der Waals surface area (Å²) in [7, 11) is 0. The van der Waals surface area contributed by atoms with Gasteiger partial charge in [-0.25, -0.2) is 0 Å². The van der Waals surface area contributed by atoms with Crippen LogP contribution in [-0.4, -0.2) is 45.1 Å². The largest absolute Gasteiger partial charge is 0.461 e. The van der Waals surface area contributed by atoms with Crippen molar-refractivity contribution in [3.05, 3.63) is 22.6 Å². The summed E-state index contributed by atoms with van der Waals surface area (Å²) in [5, 5.41) is 0. The normalized spacial score (nSPS) is 41.8. The van der Waals surface area contributed by atoms with Gasteiger partial charge < -0.3 is 18.9 Å². The molecule has 1 saturated carbocycles. The minimum absolute atomic E-state index is 0.170. The number of halogens is 1. The van der Waals surface area contributed by atoms with Crippen LogP contribution in [-0.2, 0) is 14.2 Å². The van der Waals surface area contributed by atoms with E-state index in [0.717, 1.165) is 25.7 Å². The first-order valence-corrected chi connectivity index (χ1v) is 8.88. The monoisotopic (exact) mass is 354 g/mol. The molecule has 4 heterocycles. The summed E-state index contributed by atoms with van der Waals surface area (Å²) in [5.74, 6) is -0.350. The molecule has 8 heteroatoms. The maximum Gasteiger partial charge on any atom is 0.302 e. The number of aromatic nitrogens is 2. The molecule has 3 aliphatic heterocycles. The third-order valence-electron chi connectivity index (χ3n) is 5.67. The Kier molecular flexibility index (Phi) is 2.98. The van der Waals surface area contributed by atoms with E-state index in [4.69, 9.17) is 30.5 Å². The lowest BCUT2D eigenvalue weighted by molar-refractivity contribution is -0.242. The number of alkyl halides is 1. The molecule has 7 nitrogen and oxygen atoms in total. The Hall–Kier alpha value is -1.15. The van der Waals surface area contributed by atoms with Gasteiger partial charge in [0.15, 0.2) is 12.0 Å². The molecule has 1 aromatic rings. The smallest absolute Gasteiger partial charge is 0.302 e. The van der Waals surface area contributed by atoms with Crippen molar-refractivity contribution in [3.63, 3.8) is 0 Å². The first-order chi connectivity index (χ1) is 11.5. The number of rotatable bonds is 1. The topological polar surface area (TPSA) is 71.8 Å². The Morgan fingerprint density at radius 1 is 1.38 bits per heavy atom. The van der Waals surface area contributed by atoms with Gasteiger partial charge in [0.2, 0.25) is 0 Å². The number of hydrogen-bond donors (Lipinski definition) is 0. The highest BCUT2D eigenvalue weighted by molar-refractivity contribution is 6.18. The standard InChI is InChI=1S/C16H19ClN2O5/c1-14-11(22-16(24-14)5-2-3-6-16)15(8-17)9-21-13-18-10(20)4-7-19(13)12(14)23-15/h4,7,11-12H,2-3,5-6,8-9H2,1H3/t11?,12-,14-,15-/m1/s1. The number of nitrogens with zero attached hydrogens (tertiary/aromatic N) is 2. The molecule has 5 rings (SSSR count). The third kappa shape index (κ3) is 1.78. The lowest BCUT2D eigenvalue weighted by Crippen LogP contribution is -2.53. The Bertz CT molecular complexity index is 748. The van der Waals surface area contributed by atoms with Crippen LogP contribution >= 0.6 is 11.6 Å². The SMILES string of the molecule is C[C@@]12OC3(CCCC3)OC1[C@@]1(CCl)COc3nc(=O)ccn3[C@@H]2O1. The van der Waals surface area contributed by atoms with Crippen molar-refractivity contribution in [2.24, 2.45) is 0 Å². The van der Waals surface area contributed by atoms with Crippen LogP contribution in [0.4, 0.5) is 0 Å². The minimum atomic E-state index is -0.830. The van der Waals surface area contributed by atoms with Gasteiger partial charge in [0, 0.05) is 25.1 Å². The Balaban J connectivity index is 1.66. The highest BCUT2D eigenvalue weighted by Crippen LogP contribution is 2.59. The van der Waals surface area contributed by atoms with E-state index < -0.39 is 23.2 Å². The van der Waals surface area contributed by atoms with E-state index in [1.54, 1.807) is 10.8 Å². The molecule has 0 N–H and O–H groups in total. The van der Waals surface area contributed by atoms with Gasteiger partial charge in [0.1, 0.15) is 23.9 Å². The summed E-state index contributed by atoms with van der Waals surface area (Å²) in [6, 6.07) is 1.62. The van der Waals surface area contributed by atoms with Crippen LogP contribution in [0.5, 0.6) is 6.01 Å². The average molecular weight is 355 g/mol. The van der Waals surface area contributed by atoms with Gasteiger partial charge in [-0.05, 0) is 19.8 Å². The summed E-state index contributed by atoms with van der Waals surface area (Å²) in [6.07, 6.45) is 4.72. The molecule has 1 unspecified atom stereocenters. The summed E-state index contributed by atoms with van der Waals surface area (Å²) >= 11 is 6.30. The van der Waals surface area contributed by atoms with Gasteiger partial charge in [-0.1, -0.05) is 0 Å². The lowest BCUT2D eigenvalue weighted by atomic mass is 9.88. The van der Waals surface area contributed by atoms with Crippen molar-refractivity contribution in [2.45, 2.75) is 61.9 Å². The zero-order valence-electron chi connectivity index (χ0n) is 13.4. The molecule has 2 saturated heterocycles. The molecule has 1 aromatic heterocycles. The van der Waals surface area contributed by atoms with Crippen LogP contribution in [0.1, 0.15) is 38.8 Å². The maximum atomic E-state index is 11.6.